The van der Waals surface area contributed by atoms with Crippen molar-refractivity contribution in [2.75, 3.05) is 0 Å². The van der Waals surface area contributed by atoms with Gasteiger partial charge in [-0.25, -0.2) is 0 Å². The molecule has 0 bridgehead atoms. The summed E-state index contributed by atoms with van der Waals surface area (Å²) in [7, 11) is 0. The average molecular weight is 391 g/mol. The molecule has 0 amide bonds. The lowest BCUT2D eigenvalue weighted by Gasteiger charge is -2.44. The monoisotopic (exact) mass is 391 g/mol. The van der Waals surface area contributed by atoms with Crippen molar-refractivity contribution in [3.8, 4) is 5.75 Å². The molecule has 0 unspecified atom stereocenters. The van der Waals surface area contributed by atoms with Crippen LogP contribution in [-0.4, -0.2) is 11.7 Å². The van der Waals surface area contributed by atoms with E-state index >= 15 is 0 Å². The van der Waals surface area contributed by atoms with Gasteiger partial charge in [-0.1, -0.05) is 103 Å². The Morgan fingerprint density at radius 1 is 0.467 bits per heavy atom. The zero-order valence-electron chi connectivity index (χ0n) is 18.0. The lowest BCUT2D eigenvalue weighted by Crippen LogP contribution is -2.74. The van der Waals surface area contributed by atoms with Gasteiger partial charge >= 0.3 is 0 Å². The van der Waals surface area contributed by atoms with Gasteiger partial charge in [-0.2, -0.15) is 21.9 Å². The van der Waals surface area contributed by atoms with E-state index in [1.165, 1.54) is 21.9 Å². The first kappa shape index (κ1) is 20.0. The molecule has 0 aromatic heterocycles. The first-order valence-corrected chi connectivity index (χ1v) is 10.6. The molecular formula is C28H28BO-. The summed E-state index contributed by atoms with van der Waals surface area (Å²) < 4.78 is 6.09. The SMILES string of the molecule is CC(C)(C)Oc1ccc([B-](c2ccccc2)(c2ccccc2)c2ccccc2)cc1. The Morgan fingerprint density at radius 3 is 1.13 bits per heavy atom. The van der Waals surface area contributed by atoms with E-state index in [9.17, 15) is 0 Å². The third-order valence-electron chi connectivity index (χ3n) is 5.70. The fourth-order valence-electron chi connectivity index (χ4n) is 4.56. The van der Waals surface area contributed by atoms with E-state index < -0.39 is 6.15 Å². The van der Waals surface area contributed by atoms with Crippen LogP contribution >= 0.6 is 0 Å². The molecule has 0 fully saturated rings. The third-order valence-corrected chi connectivity index (χ3v) is 5.70. The molecule has 0 atom stereocenters. The zero-order valence-corrected chi connectivity index (χ0v) is 18.0. The molecule has 0 aliphatic rings. The van der Waals surface area contributed by atoms with Crippen molar-refractivity contribution in [2.24, 2.45) is 0 Å². The van der Waals surface area contributed by atoms with Crippen LogP contribution in [0.15, 0.2) is 115 Å². The maximum atomic E-state index is 6.09. The smallest absolute Gasteiger partial charge is 0.119 e. The van der Waals surface area contributed by atoms with E-state index in [1.807, 2.05) is 0 Å². The second-order valence-corrected chi connectivity index (χ2v) is 8.88. The highest BCUT2D eigenvalue weighted by atomic mass is 16.5. The normalized spacial score (nSPS) is 11.8. The quantitative estimate of drug-likeness (QED) is 0.463. The Bertz CT molecular complexity index is 970. The van der Waals surface area contributed by atoms with E-state index in [-0.39, 0.29) is 5.60 Å². The molecule has 4 aromatic carbocycles. The van der Waals surface area contributed by atoms with Crippen LogP contribution in [0, 0.1) is 0 Å². The van der Waals surface area contributed by atoms with Gasteiger partial charge in [0.25, 0.3) is 0 Å². The molecule has 2 heteroatoms. The molecule has 0 radical (unpaired) electrons. The maximum absolute atomic E-state index is 6.09. The van der Waals surface area contributed by atoms with Gasteiger partial charge in [0, 0.05) is 0 Å². The number of hydrogen-bond acceptors (Lipinski definition) is 1. The number of hydrogen-bond donors (Lipinski definition) is 0. The van der Waals surface area contributed by atoms with Crippen LogP contribution in [0.4, 0.5) is 0 Å². The Morgan fingerprint density at radius 2 is 0.800 bits per heavy atom. The van der Waals surface area contributed by atoms with Crippen LogP contribution in [0.1, 0.15) is 20.8 Å². The van der Waals surface area contributed by atoms with E-state index in [0.717, 1.165) is 5.75 Å². The topological polar surface area (TPSA) is 9.23 Å². The van der Waals surface area contributed by atoms with Gasteiger partial charge in [-0.05, 0) is 32.9 Å². The largest absolute Gasteiger partial charge is 0.488 e. The standard InChI is InChI=1S/C28H28BO/c1-28(2,3)30-27-21-19-26(20-22-27)29(23-13-7-4-8-14-23,24-15-9-5-10-16-24)25-17-11-6-12-18-25/h4-22H,1-3H3/q-1. The van der Waals surface area contributed by atoms with Crippen molar-refractivity contribution in [2.45, 2.75) is 26.4 Å². The summed E-state index contributed by atoms with van der Waals surface area (Å²) >= 11 is 0. The Labute approximate surface area is 180 Å². The highest BCUT2D eigenvalue weighted by Crippen LogP contribution is 2.18. The summed E-state index contributed by atoms with van der Waals surface area (Å²) in [4.78, 5) is 0. The van der Waals surface area contributed by atoms with E-state index in [4.69, 9.17) is 4.74 Å². The number of rotatable bonds is 5. The summed E-state index contributed by atoms with van der Waals surface area (Å²) in [5.74, 6) is 0.894. The molecule has 0 saturated carbocycles. The molecule has 150 valence electrons. The Kier molecular flexibility index (Phi) is 5.50. The van der Waals surface area contributed by atoms with Crippen molar-refractivity contribution >= 4 is 28.0 Å². The fraction of sp³-hybridized carbons (Fsp3) is 0.143. The summed E-state index contributed by atoms with van der Waals surface area (Å²) in [6.07, 6.45) is -1.32. The van der Waals surface area contributed by atoms with Gasteiger partial charge in [0.05, 0.1) is 0 Å². The van der Waals surface area contributed by atoms with Gasteiger partial charge in [0.2, 0.25) is 0 Å². The fourth-order valence-corrected chi connectivity index (χ4v) is 4.56. The van der Waals surface area contributed by atoms with Crippen LogP contribution in [0.5, 0.6) is 5.75 Å². The molecule has 0 saturated heterocycles. The Balaban J connectivity index is 1.98. The molecule has 0 aliphatic carbocycles. The molecule has 4 aromatic rings. The molecular weight excluding hydrogens is 363 g/mol. The minimum absolute atomic E-state index is 0.220. The van der Waals surface area contributed by atoms with E-state index in [0.29, 0.717) is 0 Å². The van der Waals surface area contributed by atoms with Crippen molar-refractivity contribution < 1.29 is 4.74 Å². The lowest BCUT2D eigenvalue weighted by molar-refractivity contribution is 0.131. The van der Waals surface area contributed by atoms with E-state index in [2.05, 4.69) is 136 Å². The molecule has 0 aliphatic heterocycles. The highest BCUT2D eigenvalue weighted by Gasteiger charge is 2.31. The second-order valence-electron chi connectivity index (χ2n) is 8.88. The molecule has 0 spiro atoms. The molecule has 1 nitrogen and oxygen atoms in total. The van der Waals surface area contributed by atoms with Crippen molar-refractivity contribution in [3.63, 3.8) is 0 Å². The van der Waals surface area contributed by atoms with Crippen LogP contribution in [0.3, 0.4) is 0 Å². The van der Waals surface area contributed by atoms with Crippen molar-refractivity contribution in [1.29, 1.82) is 0 Å². The van der Waals surface area contributed by atoms with Crippen LogP contribution < -0.4 is 26.6 Å². The molecule has 0 N–H and O–H groups in total. The minimum Gasteiger partial charge on any atom is -0.488 e. The van der Waals surface area contributed by atoms with Gasteiger partial charge in [0.1, 0.15) is 17.5 Å². The predicted molar refractivity (Wildman–Crippen MR) is 130 cm³/mol. The summed E-state index contributed by atoms with van der Waals surface area (Å²) in [6.45, 7) is 6.23. The van der Waals surface area contributed by atoms with E-state index in [1.54, 1.807) is 0 Å². The number of benzene rings is 4. The van der Waals surface area contributed by atoms with Crippen molar-refractivity contribution in [3.05, 3.63) is 115 Å². The van der Waals surface area contributed by atoms with Gasteiger partial charge < -0.3 is 4.74 Å². The van der Waals surface area contributed by atoms with Gasteiger partial charge in [-0.3, -0.25) is 0 Å². The second kappa shape index (κ2) is 8.24. The van der Waals surface area contributed by atoms with Crippen molar-refractivity contribution in [1.82, 2.24) is 0 Å². The lowest BCUT2D eigenvalue weighted by atomic mass is 9.13. The van der Waals surface area contributed by atoms with Crippen LogP contribution in [-0.2, 0) is 0 Å². The third kappa shape index (κ3) is 3.91. The molecule has 4 rings (SSSR count). The molecule has 0 heterocycles. The summed E-state index contributed by atoms with van der Waals surface area (Å²) in [6, 6.07) is 41.2. The Hall–Kier alpha value is -3.26. The van der Waals surface area contributed by atoms with Gasteiger partial charge in [0.15, 0.2) is 0 Å². The first-order chi connectivity index (χ1) is 14.5. The van der Waals surface area contributed by atoms with Gasteiger partial charge in [-0.15, -0.1) is 0 Å². The zero-order chi connectivity index (χ0) is 21.0. The minimum atomic E-state index is -1.32. The maximum Gasteiger partial charge on any atom is 0.119 e. The van der Waals surface area contributed by atoms with Crippen LogP contribution in [0.25, 0.3) is 0 Å². The summed E-state index contributed by atoms with van der Waals surface area (Å²) in [5, 5.41) is 0. The van der Waals surface area contributed by atoms with Crippen LogP contribution in [0.2, 0.25) is 0 Å². The summed E-state index contributed by atoms with van der Waals surface area (Å²) in [5.41, 5.74) is 4.97. The average Bonchev–Trinajstić information content (AvgIpc) is 2.77. The number of ether oxygens (including phenoxy) is 1. The predicted octanol–water partition coefficient (Wildman–Crippen LogP) is 4.24. The highest BCUT2D eigenvalue weighted by molar-refractivity contribution is 7.19. The molecule has 30 heavy (non-hydrogen) atoms. The first-order valence-electron chi connectivity index (χ1n) is 10.6.